The van der Waals surface area contributed by atoms with Crippen LogP contribution in [0.25, 0.3) is 5.57 Å². The molecule has 13 nitrogen and oxygen atoms in total. The molecule has 2 saturated heterocycles. The quantitative estimate of drug-likeness (QED) is 0.102. The van der Waals surface area contributed by atoms with Gasteiger partial charge in [-0.2, -0.15) is 12.8 Å². The molecule has 4 aromatic rings. The van der Waals surface area contributed by atoms with Crippen LogP contribution in [0.3, 0.4) is 0 Å². The van der Waals surface area contributed by atoms with E-state index in [9.17, 15) is 23.3 Å². The van der Waals surface area contributed by atoms with Crippen LogP contribution < -0.4 is 14.8 Å². The van der Waals surface area contributed by atoms with E-state index in [0.29, 0.717) is 36.2 Å². The maximum absolute atomic E-state index is 14.9. The molecule has 1 amide bonds. The Kier molecular flexibility index (Phi) is 13.2. The maximum Gasteiger partial charge on any atom is 0.293 e. The zero-order valence-corrected chi connectivity index (χ0v) is 36.2. The van der Waals surface area contributed by atoms with Gasteiger partial charge in [-0.15, -0.1) is 0 Å². The Morgan fingerprint density at radius 1 is 0.933 bits per heavy atom. The summed E-state index contributed by atoms with van der Waals surface area (Å²) in [7, 11) is -1.15. The van der Waals surface area contributed by atoms with E-state index >= 15 is 0 Å². The first-order chi connectivity index (χ1) is 28.7. The van der Waals surface area contributed by atoms with E-state index in [-0.39, 0.29) is 52.1 Å². The molecule has 0 spiro atoms. The summed E-state index contributed by atoms with van der Waals surface area (Å²) in [5, 5.41) is 18.0. The number of anilines is 1. The number of ether oxygens (including phenoxy) is 2. The molecular weight excluding hydrogens is 804 g/mol. The number of hydrazine groups is 1. The van der Waals surface area contributed by atoms with Crippen molar-refractivity contribution in [3.05, 3.63) is 123 Å². The summed E-state index contributed by atoms with van der Waals surface area (Å²) >= 11 is 6.25. The molecule has 15 heteroatoms. The van der Waals surface area contributed by atoms with Crippen LogP contribution in [0.5, 0.6) is 17.2 Å². The average molecular weight is 857 g/mol. The van der Waals surface area contributed by atoms with Crippen LogP contribution in [0.4, 0.5) is 11.4 Å². The van der Waals surface area contributed by atoms with Gasteiger partial charge in [0.25, 0.3) is 21.6 Å². The van der Waals surface area contributed by atoms with Crippen molar-refractivity contribution in [3.8, 4) is 17.2 Å². The number of piperazine rings is 1. The van der Waals surface area contributed by atoms with Gasteiger partial charge in [-0.3, -0.25) is 19.8 Å². The van der Waals surface area contributed by atoms with Gasteiger partial charge in [0.1, 0.15) is 22.9 Å². The molecule has 0 aromatic heterocycles. The van der Waals surface area contributed by atoms with Crippen LogP contribution in [-0.2, 0) is 10.0 Å². The Balaban J connectivity index is 1.20. The van der Waals surface area contributed by atoms with Gasteiger partial charge in [0.05, 0.1) is 22.5 Å². The number of carbonyl (C=O) groups is 1. The number of benzene rings is 4. The topological polar surface area (TPSA) is 138 Å². The molecule has 0 radical (unpaired) electrons. The minimum absolute atomic E-state index is 0.00367. The first-order valence-electron chi connectivity index (χ1n) is 20.4. The van der Waals surface area contributed by atoms with Gasteiger partial charge in [0, 0.05) is 55.9 Å². The zero-order valence-electron chi connectivity index (χ0n) is 34.6. The monoisotopic (exact) mass is 856 g/mol. The van der Waals surface area contributed by atoms with E-state index in [1.165, 1.54) is 41.5 Å². The van der Waals surface area contributed by atoms with Gasteiger partial charge in [-0.25, -0.2) is 5.01 Å². The van der Waals surface area contributed by atoms with Crippen LogP contribution in [0.15, 0.2) is 101 Å². The van der Waals surface area contributed by atoms with E-state index in [1.54, 1.807) is 42.5 Å². The molecule has 0 unspecified atom stereocenters. The van der Waals surface area contributed by atoms with Crippen molar-refractivity contribution < 1.29 is 27.6 Å². The molecule has 2 heterocycles. The SMILES string of the molecule is COc1cccc(Oc2ccccc2C(=O)N(N2CCN(CC3=C(c4ccc(Cl)cc4)CC(C)(C)CC3)CC2)S(=O)(=O)c2ccc(NC3CCN(C)CC3)c([N+](=O)[O-])c2)c1. The summed E-state index contributed by atoms with van der Waals surface area (Å²) in [5.41, 5.74) is 3.81. The Morgan fingerprint density at radius 2 is 1.63 bits per heavy atom. The molecule has 3 aliphatic rings. The predicted octanol–water partition coefficient (Wildman–Crippen LogP) is 8.58. The number of rotatable bonds is 13. The van der Waals surface area contributed by atoms with Gasteiger partial charge in [-0.05, 0) is 117 Å². The average Bonchev–Trinajstić information content (AvgIpc) is 3.23. The van der Waals surface area contributed by atoms with E-state index in [1.807, 2.05) is 19.2 Å². The number of carbonyl (C=O) groups excluding carboxylic acids is 1. The fourth-order valence-electron chi connectivity index (χ4n) is 8.25. The van der Waals surface area contributed by atoms with E-state index in [4.69, 9.17) is 21.1 Å². The zero-order chi connectivity index (χ0) is 42.6. The Morgan fingerprint density at radius 3 is 2.33 bits per heavy atom. The third-order valence-electron chi connectivity index (χ3n) is 11.7. The number of allylic oxidation sites excluding steroid dienone is 1. The summed E-state index contributed by atoms with van der Waals surface area (Å²) in [6.45, 7) is 8.32. The summed E-state index contributed by atoms with van der Waals surface area (Å²) < 4.78 is 42.2. The van der Waals surface area contributed by atoms with Crippen molar-refractivity contribution in [2.24, 2.45) is 5.41 Å². The van der Waals surface area contributed by atoms with Crippen LogP contribution in [-0.4, -0.2) is 104 Å². The van der Waals surface area contributed by atoms with Crippen molar-refractivity contribution in [3.63, 3.8) is 0 Å². The molecule has 318 valence electrons. The van der Waals surface area contributed by atoms with Gasteiger partial charge in [-0.1, -0.05) is 61.4 Å². The molecule has 7 rings (SSSR count). The van der Waals surface area contributed by atoms with Crippen LogP contribution in [0.1, 0.15) is 61.9 Å². The minimum atomic E-state index is -4.71. The summed E-state index contributed by atoms with van der Waals surface area (Å²) in [6, 6.07) is 25.1. The highest BCUT2D eigenvalue weighted by atomic mass is 35.5. The second kappa shape index (κ2) is 18.3. The smallest absolute Gasteiger partial charge is 0.293 e. The number of nitro benzene ring substituents is 1. The normalized spacial score (nSPS) is 18.2. The molecule has 0 saturated carbocycles. The van der Waals surface area contributed by atoms with Crippen molar-refractivity contribution in [2.75, 3.05) is 65.3 Å². The standard InChI is InChI=1S/C45H53ClN6O7S/c1-45(2)21-18-33(40(30-45)32-12-14-34(46)15-13-32)31-49-24-26-50(27-25-49)51(44(53)39-10-5-6-11-43(39)59-37-9-7-8-36(28-37)58-4)60(56,57)38-16-17-41(42(29-38)52(54)55)47-35-19-22-48(3)23-20-35/h5-17,28-29,35,47H,18-27,30-31H2,1-4H3. The highest BCUT2D eigenvalue weighted by molar-refractivity contribution is 7.89. The Hall–Kier alpha value is -4.99. The summed E-state index contributed by atoms with van der Waals surface area (Å²) in [6.07, 6.45) is 4.50. The number of para-hydroxylation sites is 1. The largest absolute Gasteiger partial charge is 0.497 e. The first-order valence-corrected chi connectivity index (χ1v) is 22.2. The molecule has 0 atom stereocenters. The number of halogens is 1. The Bertz CT molecular complexity index is 2340. The molecule has 4 aromatic carbocycles. The lowest BCUT2D eigenvalue weighted by Gasteiger charge is -2.41. The van der Waals surface area contributed by atoms with Crippen molar-refractivity contribution in [1.29, 1.82) is 0 Å². The number of nitrogens with one attached hydrogen (secondary N) is 1. The number of methoxy groups -OCH3 is 1. The van der Waals surface area contributed by atoms with Gasteiger partial charge in [0.2, 0.25) is 0 Å². The number of hydrogen-bond donors (Lipinski definition) is 1. The number of nitro groups is 1. The molecular formula is C45H53ClN6O7S. The van der Waals surface area contributed by atoms with Gasteiger partial charge < -0.3 is 19.7 Å². The minimum Gasteiger partial charge on any atom is -0.497 e. The molecule has 1 N–H and O–H groups in total. The molecule has 1 aliphatic carbocycles. The van der Waals surface area contributed by atoms with Gasteiger partial charge >= 0.3 is 0 Å². The fraction of sp³-hybridized carbons (Fsp3) is 0.400. The number of piperidine rings is 1. The predicted molar refractivity (Wildman–Crippen MR) is 234 cm³/mol. The number of hydrogen-bond acceptors (Lipinski definition) is 11. The summed E-state index contributed by atoms with van der Waals surface area (Å²) in [4.78, 5) is 30.9. The molecule has 0 bridgehead atoms. The lowest BCUT2D eigenvalue weighted by Crippen LogP contribution is -2.57. The van der Waals surface area contributed by atoms with E-state index < -0.39 is 20.9 Å². The number of nitrogens with zero attached hydrogens (tertiary/aromatic N) is 5. The van der Waals surface area contributed by atoms with Crippen molar-refractivity contribution in [1.82, 2.24) is 19.2 Å². The number of amides is 1. The van der Waals surface area contributed by atoms with Gasteiger partial charge in [0.15, 0.2) is 0 Å². The highest BCUT2D eigenvalue weighted by Crippen LogP contribution is 2.43. The van der Waals surface area contributed by atoms with E-state index in [0.717, 1.165) is 61.2 Å². The Labute approximate surface area is 357 Å². The summed E-state index contributed by atoms with van der Waals surface area (Å²) in [5.74, 6) is 0.224. The second-order valence-electron chi connectivity index (χ2n) is 16.6. The van der Waals surface area contributed by atoms with Crippen LogP contribution >= 0.6 is 11.6 Å². The third kappa shape index (κ3) is 9.96. The number of sulfonamides is 1. The van der Waals surface area contributed by atoms with Crippen molar-refractivity contribution in [2.45, 2.75) is 56.9 Å². The van der Waals surface area contributed by atoms with E-state index in [2.05, 4.69) is 41.1 Å². The molecule has 60 heavy (non-hydrogen) atoms. The first kappa shape index (κ1) is 43.1. The molecule has 2 aliphatic heterocycles. The van der Waals surface area contributed by atoms with Crippen LogP contribution in [0.2, 0.25) is 5.02 Å². The maximum atomic E-state index is 14.9. The highest BCUT2D eigenvalue weighted by Gasteiger charge is 2.40. The lowest BCUT2D eigenvalue weighted by molar-refractivity contribution is -0.384. The second-order valence-corrected chi connectivity index (χ2v) is 18.9. The number of likely N-dealkylation sites (tertiary alicyclic amines) is 1. The molecule has 2 fully saturated rings. The van der Waals surface area contributed by atoms with Crippen LogP contribution in [0, 0.1) is 15.5 Å². The lowest BCUT2D eigenvalue weighted by atomic mass is 9.72. The fourth-order valence-corrected chi connectivity index (χ4v) is 9.86. The third-order valence-corrected chi connectivity index (χ3v) is 13.7. The van der Waals surface area contributed by atoms with Crippen molar-refractivity contribution >= 4 is 44.5 Å².